The normalized spacial score (nSPS) is 13.3. The number of hydrogen-bond donors (Lipinski definition) is 1. The first-order valence-corrected chi connectivity index (χ1v) is 6.46. The zero-order valence-electron chi connectivity index (χ0n) is 11.1. The van der Waals surface area contributed by atoms with Crippen LogP contribution in [0, 0.1) is 0 Å². The Balaban J connectivity index is 2.96. The Morgan fingerprint density at radius 2 is 1.89 bits per heavy atom. The molecule has 2 N–H and O–H groups in total. The van der Waals surface area contributed by atoms with Crippen LogP contribution >= 0.6 is 0 Å². The highest BCUT2D eigenvalue weighted by atomic mass is 19.3. The molecule has 0 aliphatic heterocycles. The maximum absolute atomic E-state index is 12.7. The predicted molar refractivity (Wildman–Crippen MR) is 70.7 cm³/mol. The second-order valence-electron chi connectivity index (χ2n) is 4.35. The van der Waals surface area contributed by atoms with Crippen molar-refractivity contribution in [3.63, 3.8) is 0 Å². The van der Waals surface area contributed by atoms with Gasteiger partial charge in [-0.1, -0.05) is 32.0 Å². The van der Waals surface area contributed by atoms with E-state index in [1.165, 1.54) is 6.07 Å². The molecular formula is C14H22F2N2. The summed E-state index contributed by atoms with van der Waals surface area (Å²) >= 11 is 0. The van der Waals surface area contributed by atoms with E-state index in [4.69, 9.17) is 5.73 Å². The molecule has 0 heterocycles. The number of nitrogens with two attached hydrogens (primary N) is 1. The van der Waals surface area contributed by atoms with Crippen molar-refractivity contribution < 1.29 is 8.78 Å². The second kappa shape index (κ2) is 7.44. The minimum atomic E-state index is -2.43. The highest BCUT2D eigenvalue weighted by molar-refractivity contribution is 5.27. The molecule has 1 atom stereocenters. The highest BCUT2D eigenvalue weighted by Crippen LogP contribution is 2.25. The van der Waals surface area contributed by atoms with Gasteiger partial charge in [-0.2, -0.15) is 0 Å². The van der Waals surface area contributed by atoms with Gasteiger partial charge in [0.2, 0.25) is 0 Å². The first-order valence-electron chi connectivity index (χ1n) is 6.46. The maximum atomic E-state index is 12.7. The van der Waals surface area contributed by atoms with Crippen LogP contribution in [0.15, 0.2) is 24.3 Å². The fraction of sp³-hybridized carbons (Fsp3) is 0.571. The van der Waals surface area contributed by atoms with Gasteiger partial charge in [0.05, 0.1) is 0 Å². The average Bonchev–Trinajstić information content (AvgIpc) is 2.39. The molecular weight excluding hydrogens is 234 g/mol. The summed E-state index contributed by atoms with van der Waals surface area (Å²) < 4.78 is 25.4. The third kappa shape index (κ3) is 3.75. The van der Waals surface area contributed by atoms with E-state index in [9.17, 15) is 8.78 Å². The van der Waals surface area contributed by atoms with Crippen LogP contribution in [0.4, 0.5) is 8.78 Å². The lowest BCUT2D eigenvalue weighted by Gasteiger charge is -2.30. The molecule has 102 valence electrons. The van der Waals surface area contributed by atoms with Gasteiger partial charge in [0.25, 0.3) is 6.43 Å². The zero-order valence-corrected chi connectivity index (χ0v) is 11.1. The van der Waals surface area contributed by atoms with Crippen molar-refractivity contribution in [3.05, 3.63) is 35.4 Å². The summed E-state index contributed by atoms with van der Waals surface area (Å²) in [6, 6.07) is 6.60. The quantitative estimate of drug-likeness (QED) is 0.810. The molecule has 0 fully saturated rings. The van der Waals surface area contributed by atoms with E-state index in [0.717, 1.165) is 25.1 Å². The van der Waals surface area contributed by atoms with Crippen molar-refractivity contribution in [1.82, 2.24) is 4.90 Å². The largest absolute Gasteiger partial charge is 0.329 e. The van der Waals surface area contributed by atoms with Gasteiger partial charge >= 0.3 is 0 Å². The standard InChI is InChI=1S/C14H22F2N2/c1-3-8-18(4-2)13(10-17)11-6-5-7-12(9-11)14(15)16/h5-7,9,13-14H,3-4,8,10,17H2,1-2H3. The van der Waals surface area contributed by atoms with Crippen molar-refractivity contribution in [1.29, 1.82) is 0 Å². The van der Waals surface area contributed by atoms with E-state index in [1.54, 1.807) is 12.1 Å². The minimum absolute atomic E-state index is 0.0219. The topological polar surface area (TPSA) is 29.3 Å². The van der Waals surface area contributed by atoms with E-state index in [2.05, 4.69) is 18.7 Å². The fourth-order valence-electron chi connectivity index (χ4n) is 2.22. The van der Waals surface area contributed by atoms with Crippen molar-refractivity contribution in [3.8, 4) is 0 Å². The van der Waals surface area contributed by atoms with E-state index in [1.807, 2.05) is 6.07 Å². The monoisotopic (exact) mass is 256 g/mol. The second-order valence-corrected chi connectivity index (χ2v) is 4.35. The molecule has 0 aromatic heterocycles. The van der Waals surface area contributed by atoms with Gasteiger partial charge in [0.15, 0.2) is 0 Å². The molecule has 0 aliphatic carbocycles. The Morgan fingerprint density at radius 1 is 1.22 bits per heavy atom. The molecule has 1 rings (SSSR count). The van der Waals surface area contributed by atoms with Gasteiger partial charge in [-0.15, -0.1) is 0 Å². The van der Waals surface area contributed by atoms with Crippen molar-refractivity contribution in [2.75, 3.05) is 19.6 Å². The Labute approximate surface area is 108 Å². The molecule has 0 spiro atoms. The van der Waals surface area contributed by atoms with Crippen LogP contribution in [-0.2, 0) is 0 Å². The van der Waals surface area contributed by atoms with Gasteiger partial charge in [0, 0.05) is 18.2 Å². The van der Waals surface area contributed by atoms with Crippen LogP contribution in [0.25, 0.3) is 0 Å². The predicted octanol–water partition coefficient (Wildman–Crippen LogP) is 3.36. The zero-order chi connectivity index (χ0) is 13.5. The van der Waals surface area contributed by atoms with E-state index in [-0.39, 0.29) is 11.6 Å². The Morgan fingerprint density at radius 3 is 2.39 bits per heavy atom. The Hall–Kier alpha value is -1.00. The van der Waals surface area contributed by atoms with Crippen LogP contribution in [0.3, 0.4) is 0 Å². The van der Waals surface area contributed by atoms with Gasteiger partial charge in [-0.05, 0) is 31.1 Å². The highest BCUT2D eigenvalue weighted by Gasteiger charge is 2.18. The number of benzene rings is 1. The molecule has 2 nitrogen and oxygen atoms in total. The fourth-order valence-corrected chi connectivity index (χ4v) is 2.22. The number of rotatable bonds is 7. The molecule has 0 radical (unpaired) electrons. The minimum Gasteiger partial charge on any atom is -0.329 e. The SMILES string of the molecule is CCCN(CC)C(CN)c1cccc(C(F)F)c1. The molecule has 4 heteroatoms. The molecule has 0 amide bonds. The van der Waals surface area contributed by atoms with Crippen molar-refractivity contribution in [2.24, 2.45) is 5.73 Å². The van der Waals surface area contributed by atoms with E-state index < -0.39 is 6.43 Å². The molecule has 0 saturated heterocycles. The first kappa shape index (κ1) is 15.1. The number of hydrogen-bond acceptors (Lipinski definition) is 2. The third-order valence-corrected chi connectivity index (χ3v) is 3.13. The van der Waals surface area contributed by atoms with Crippen molar-refractivity contribution >= 4 is 0 Å². The van der Waals surface area contributed by atoms with Crippen LogP contribution in [-0.4, -0.2) is 24.5 Å². The molecule has 1 aromatic carbocycles. The lowest BCUT2D eigenvalue weighted by molar-refractivity contribution is 0.150. The molecule has 1 unspecified atom stereocenters. The lowest BCUT2D eigenvalue weighted by Crippen LogP contribution is -2.34. The van der Waals surface area contributed by atoms with E-state index in [0.29, 0.717) is 6.54 Å². The van der Waals surface area contributed by atoms with Crippen LogP contribution in [0.1, 0.15) is 43.9 Å². The molecule has 18 heavy (non-hydrogen) atoms. The number of alkyl halides is 2. The average molecular weight is 256 g/mol. The summed E-state index contributed by atoms with van der Waals surface area (Å²) in [7, 11) is 0. The van der Waals surface area contributed by atoms with Crippen LogP contribution in [0.5, 0.6) is 0 Å². The lowest BCUT2D eigenvalue weighted by atomic mass is 10.0. The van der Waals surface area contributed by atoms with Gasteiger partial charge in [-0.3, -0.25) is 4.90 Å². The first-order chi connectivity index (χ1) is 8.63. The van der Waals surface area contributed by atoms with Crippen LogP contribution in [0.2, 0.25) is 0 Å². The summed E-state index contributed by atoms with van der Waals surface area (Å²) in [5.41, 5.74) is 6.76. The van der Waals surface area contributed by atoms with E-state index >= 15 is 0 Å². The Bertz CT molecular complexity index is 355. The molecule has 0 saturated carbocycles. The maximum Gasteiger partial charge on any atom is 0.263 e. The van der Waals surface area contributed by atoms with Gasteiger partial charge < -0.3 is 5.73 Å². The summed E-state index contributed by atoms with van der Waals surface area (Å²) in [5, 5.41) is 0. The summed E-state index contributed by atoms with van der Waals surface area (Å²) in [6.45, 7) is 6.41. The summed E-state index contributed by atoms with van der Waals surface area (Å²) in [5.74, 6) is 0. The van der Waals surface area contributed by atoms with Crippen molar-refractivity contribution in [2.45, 2.75) is 32.7 Å². The Kier molecular flexibility index (Phi) is 6.22. The summed E-state index contributed by atoms with van der Waals surface area (Å²) in [6.07, 6.45) is -1.40. The summed E-state index contributed by atoms with van der Waals surface area (Å²) in [4.78, 5) is 2.23. The number of nitrogens with zero attached hydrogens (tertiary/aromatic N) is 1. The number of likely N-dealkylation sites (N-methyl/N-ethyl adjacent to an activating group) is 1. The van der Waals surface area contributed by atoms with Gasteiger partial charge in [-0.25, -0.2) is 8.78 Å². The van der Waals surface area contributed by atoms with Gasteiger partial charge in [0.1, 0.15) is 0 Å². The molecule has 1 aromatic rings. The van der Waals surface area contributed by atoms with Crippen LogP contribution < -0.4 is 5.73 Å². The molecule has 0 bridgehead atoms. The smallest absolute Gasteiger partial charge is 0.263 e. The molecule has 0 aliphatic rings. The number of halogens is 2. The third-order valence-electron chi connectivity index (χ3n) is 3.13.